The molecule has 0 aromatic carbocycles. The summed E-state index contributed by atoms with van der Waals surface area (Å²) in [6, 6.07) is 1.76. The number of nitrogens with zero attached hydrogens (tertiary/aromatic N) is 5. The second-order valence-electron chi connectivity index (χ2n) is 3.18. The normalized spacial score (nSPS) is 10.5. The second kappa shape index (κ2) is 5.55. The molecule has 0 saturated heterocycles. The molecule has 2 N–H and O–H groups in total. The van der Waals surface area contributed by atoms with E-state index >= 15 is 0 Å². The van der Waals surface area contributed by atoms with E-state index in [0.717, 1.165) is 0 Å². The van der Waals surface area contributed by atoms with Crippen LogP contribution in [0.3, 0.4) is 0 Å². The zero-order valence-electron chi connectivity index (χ0n) is 8.91. The van der Waals surface area contributed by atoms with Gasteiger partial charge in [-0.15, -0.1) is 0 Å². The monoisotopic (exact) mass is 254 g/mol. The highest BCUT2D eigenvalue weighted by atomic mass is 35.5. The molecule has 7 nitrogen and oxygen atoms in total. The molecule has 0 aliphatic heterocycles. The van der Waals surface area contributed by atoms with Crippen LogP contribution >= 0.6 is 11.6 Å². The maximum Gasteiger partial charge on any atom is 0.256 e. The average Bonchev–Trinajstić information content (AvgIpc) is 2.82. The predicted octanol–water partition coefficient (Wildman–Crippen LogP) is 0.505. The lowest BCUT2D eigenvalue weighted by molar-refractivity contribution is 0.292. The Labute approximate surface area is 102 Å². The van der Waals surface area contributed by atoms with Crippen LogP contribution in [0.2, 0.25) is 5.28 Å². The van der Waals surface area contributed by atoms with Crippen molar-refractivity contribution in [2.24, 2.45) is 0 Å². The highest BCUT2D eigenvalue weighted by Crippen LogP contribution is 2.08. The molecule has 0 amide bonds. The third-order valence-corrected chi connectivity index (χ3v) is 2.09. The van der Waals surface area contributed by atoms with Crippen molar-refractivity contribution >= 4 is 17.5 Å². The molecule has 0 aliphatic rings. The van der Waals surface area contributed by atoms with Crippen molar-refractivity contribution < 1.29 is 5.11 Å². The fourth-order valence-electron chi connectivity index (χ4n) is 1.19. The Morgan fingerprint density at radius 2 is 2.24 bits per heavy atom. The van der Waals surface area contributed by atoms with Crippen LogP contribution in [0.4, 0.5) is 5.95 Å². The summed E-state index contributed by atoms with van der Waals surface area (Å²) in [6.07, 6.45) is 3.94. The molecule has 8 heteroatoms. The largest absolute Gasteiger partial charge is 0.396 e. The van der Waals surface area contributed by atoms with Gasteiger partial charge in [-0.05, 0) is 24.1 Å². The predicted molar refractivity (Wildman–Crippen MR) is 62.2 cm³/mol. The Hall–Kier alpha value is -1.73. The minimum absolute atomic E-state index is 0.0944. The fraction of sp³-hybridized carbons (Fsp3) is 0.333. The molecule has 2 aromatic heterocycles. The first kappa shape index (κ1) is 11.7. The van der Waals surface area contributed by atoms with Crippen molar-refractivity contribution in [2.45, 2.75) is 6.42 Å². The third-order valence-electron chi connectivity index (χ3n) is 1.92. The van der Waals surface area contributed by atoms with Crippen LogP contribution in [0, 0.1) is 0 Å². The van der Waals surface area contributed by atoms with Crippen LogP contribution in [-0.4, -0.2) is 43.0 Å². The first-order valence-corrected chi connectivity index (χ1v) is 5.44. The van der Waals surface area contributed by atoms with Crippen LogP contribution < -0.4 is 5.32 Å². The van der Waals surface area contributed by atoms with E-state index in [1.165, 1.54) is 4.68 Å². The number of aromatic nitrogens is 5. The van der Waals surface area contributed by atoms with Gasteiger partial charge in [-0.25, -0.2) is 4.68 Å². The highest BCUT2D eigenvalue weighted by molar-refractivity contribution is 6.28. The Morgan fingerprint density at radius 1 is 1.35 bits per heavy atom. The Morgan fingerprint density at radius 3 is 2.94 bits per heavy atom. The summed E-state index contributed by atoms with van der Waals surface area (Å²) < 4.78 is 1.49. The van der Waals surface area contributed by atoms with Crippen LogP contribution in [0.25, 0.3) is 5.95 Å². The number of nitrogens with one attached hydrogen (secondary N) is 1. The van der Waals surface area contributed by atoms with Gasteiger partial charge >= 0.3 is 0 Å². The molecular weight excluding hydrogens is 244 g/mol. The molecule has 0 radical (unpaired) electrons. The van der Waals surface area contributed by atoms with Gasteiger partial charge < -0.3 is 10.4 Å². The smallest absolute Gasteiger partial charge is 0.256 e. The number of aliphatic hydroxyl groups is 1. The van der Waals surface area contributed by atoms with Gasteiger partial charge in [0.2, 0.25) is 11.2 Å². The maximum atomic E-state index is 8.67. The molecule has 90 valence electrons. The summed E-state index contributed by atoms with van der Waals surface area (Å²) in [5, 5.41) is 15.7. The van der Waals surface area contributed by atoms with Gasteiger partial charge in [0.25, 0.3) is 5.95 Å². The van der Waals surface area contributed by atoms with Crippen molar-refractivity contribution in [3.63, 3.8) is 0 Å². The van der Waals surface area contributed by atoms with E-state index in [4.69, 9.17) is 16.7 Å². The van der Waals surface area contributed by atoms with Gasteiger partial charge in [0.15, 0.2) is 0 Å². The van der Waals surface area contributed by atoms with Gasteiger partial charge in [-0.2, -0.15) is 20.1 Å². The zero-order chi connectivity index (χ0) is 12.1. The molecule has 0 atom stereocenters. The van der Waals surface area contributed by atoms with Crippen molar-refractivity contribution in [3.05, 3.63) is 23.7 Å². The second-order valence-corrected chi connectivity index (χ2v) is 3.52. The molecule has 2 heterocycles. The highest BCUT2D eigenvalue weighted by Gasteiger charge is 2.06. The molecule has 0 fully saturated rings. The molecule has 0 unspecified atom stereocenters. The van der Waals surface area contributed by atoms with E-state index in [1.807, 2.05) is 0 Å². The van der Waals surface area contributed by atoms with Gasteiger partial charge in [-0.3, -0.25) is 0 Å². The average molecular weight is 255 g/mol. The molecule has 2 aromatic rings. The van der Waals surface area contributed by atoms with Crippen molar-refractivity contribution in [2.75, 3.05) is 18.5 Å². The number of hydrogen-bond acceptors (Lipinski definition) is 6. The fourth-order valence-corrected chi connectivity index (χ4v) is 1.34. The topological polar surface area (TPSA) is 88.8 Å². The van der Waals surface area contributed by atoms with Crippen LogP contribution in [0.1, 0.15) is 6.42 Å². The van der Waals surface area contributed by atoms with Crippen LogP contribution in [0.15, 0.2) is 18.5 Å². The minimum atomic E-state index is 0.0944. The van der Waals surface area contributed by atoms with Crippen molar-refractivity contribution in [1.82, 2.24) is 24.7 Å². The summed E-state index contributed by atoms with van der Waals surface area (Å²) in [4.78, 5) is 12.0. The number of halogens is 1. The van der Waals surface area contributed by atoms with Gasteiger partial charge in [0.1, 0.15) is 0 Å². The van der Waals surface area contributed by atoms with Crippen molar-refractivity contribution in [1.29, 1.82) is 0 Å². The maximum absolute atomic E-state index is 8.67. The summed E-state index contributed by atoms with van der Waals surface area (Å²) in [5.41, 5.74) is 0. The molecule has 2 rings (SSSR count). The SMILES string of the molecule is OCCCNc1nc(Cl)nc(-n2cccn2)n1. The van der Waals surface area contributed by atoms with E-state index in [9.17, 15) is 0 Å². The number of aliphatic hydroxyl groups excluding tert-OH is 1. The summed E-state index contributed by atoms with van der Waals surface area (Å²) >= 11 is 5.79. The first-order valence-electron chi connectivity index (χ1n) is 5.06. The lowest BCUT2D eigenvalue weighted by atomic mass is 10.4. The zero-order valence-corrected chi connectivity index (χ0v) is 9.67. The van der Waals surface area contributed by atoms with E-state index in [2.05, 4.69) is 25.4 Å². The third kappa shape index (κ3) is 3.11. The quantitative estimate of drug-likeness (QED) is 0.756. The Bertz CT molecular complexity index is 474. The standard InChI is InChI=1S/C9H11ClN6O/c10-7-13-8(11-3-2-6-17)15-9(14-7)16-5-1-4-12-16/h1,4-5,17H,2-3,6H2,(H,11,13,14,15). The first-order chi connectivity index (χ1) is 8.29. The van der Waals surface area contributed by atoms with Gasteiger partial charge in [0.05, 0.1) is 0 Å². The molecular formula is C9H11ClN6O. The Balaban J connectivity index is 2.18. The number of rotatable bonds is 5. The van der Waals surface area contributed by atoms with Crippen LogP contribution in [-0.2, 0) is 0 Å². The van der Waals surface area contributed by atoms with Gasteiger partial charge in [0, 0.05) is 25.5 Å². The molecule has 0 aliphatic carbocycles. The summed E-state index contributed by atoms with van der Waals surface area (Å²) in [6.45, 7) is 0.674. The van der Waals surface area contributed by atoms with E-state index in [0.29, 0.717) is 24.9 Å². The van der Waals surface area contributed by atoms with Crippen LogP contribution in [0.5, 0.6) is 0 Å². The summed E-state index contributed by atoms with van der Waals surface area (Å²) in [7, 11) is 0. The van der Waals surface area contributed by atoms with Gasteiger partial charge in [-0.1, -0.05) is 0 Å². The molecule has 0 saturated carbocycles. The molecule has 17 heavy (non-hydrogen) atoms. The number of hydrogen-bond donors (Lipinski definition) is 2. The van der Waals surface area contributed by atoms with E-state index in [-0.39, 0.29) is 11.9 Å². The lowest BCUT2D eigenvalue weighted by Gasteiger charge is -2.05. The molecule has 0 spiro atoms. The molecule has 0 bridgehead atoms. The van der Waals surface area contributed by atoms with E-state index < -0.39 is 0 Å². The minimum Gasteiger partial charge on any atom is -0.396 e. The summed E-state index contributed by atoms with van der Waals surface area (Å²) in [5.74, 6) is 0.713. The number of anilines is 1. The van der Waals surface area contributed by atoms with E-state index in [1.54, 1.807) is 18.5 Å². The van der Waals surface area contributed by atoms with Crippen molar-refractivity contribution in [3.8, 4) is 5.95 Å². The Kier molecular flexibility index (Phi) is 3.84. The lowest BCUT2D eigenvalue weighted by Crippen LogP contribution is -2.11.